The monoisotopic (exact) mass is 292 g/mol. The molecule has 20 heavy (non-hydrogen) atoms. The number of benzene rings is 1. The third-order valence-corrected chi connectivity index (χ3v) is 2.40. The Bertz CT molecular complexity index is 495. The van der Waals surface area contributed by atoms with E-state index >= 15 is 0 Å². The predicted molar refractivity (Wildman–Crippen MR) is 64.9 cm³/mol. The Morgan fingerprint density at radius 2 is 1.95 bits per heavy atom. The number of hydrogen-bond donors (Lipinski definition) is 4. The second kappa shape index (κ2) is 7.11. The standard InChI is InChI=1S/C12H15F3N2O3/c1-6(18)5-16-2-3-17-12(20)7-4-8(13)10(15)11(19)9(7)14/h4,6,16,18-19H,2-3,5H2,1H3,(H,17,20). The zero-order valence-corrected chi connectivity index (χ0v) is 10.7. The van der Waals surface area contributed by atoms with Gasteiger partial charge < -0.3 is 20.8 Å². The smallest absolute Gasteiger partial charge is 0.254 e. The fraction of sp³-hybridized carbons (Fsp3) is 0.417. The summed E-state index contributed by atoms with van der Waals surface area (Å²) in [4.78, 5) is 11.5. The zero-order valence-electron chi connectivity index (χ0n) is 10.7. The van der Waals surface area contributed by atoms with E-state index in [1.54, 1.807) is 6.92 Å². The Kier molecular flexibility index (Phi) is 5.78. The first-order chi connectivity index (χ1) is 9.34. The molecule has 0 saturated carbocycles. The first-order valence-electron chi connectivity index (χ1n) is 5.88. The predicted octanol–water partition coefficient (Wildman–Crippen LogP) is 0.510. The van der Waals surface area contributed by atoms with Gasteiger partial charge in [0.2, 0.25) is 5.82 Å². The minimum Gasteiger partial charge on any atom is -0.503 e. The van der Waals surface area contributed by atoms with E-state index in [2.05, 4.69) is 10.6 Å². The molecule has 0 bridgehead atoms. The van der Waals surface area contributed by atoms with Crippen molar-refractivity contribution < 1.29 is 28.2 Å². The maximum atomic E-state index is 13.4. The van der Waals surface area contributed by atoms with Crippen LogP contribution in [0.4, 0.5) is 13.2 Å². The lowest BCUT2D eigenvalue weighted by atomic mass is 10.1. The minimum atomic E-state index is -1.74. The molecule has 0 aromatic heterocycles. The molecule has 1 aromatic carbocycles. The van der Waals surface area contributed by atoms with Gasteiger partial charge in [-0.05, 0) is 13.0 Å². The van der Waals surface area contributed by atoms with Crippen molar-refractivity contribution in [2.45, 2.75) is 13.0 Å². The van der Waals surface area contributed by atoms with Crippen molar-refractivity contribution in [2.24, 2.45) is 0 Å². The van der Waals surface area contributed by atoms with E-state index in [1.165, 1.54) is 0 Å². The van der Waals surface area contributed by atoms with Crippen LogP contribution in [-0.4, -0.2) is 41.9 Å². The number of carbonyl (C=O) groups is 1. The molecule has 0 heterocycles. The maximum absolute atomic E-state index is 13.4. The lowest BCUT2D eigenvalue weighted by molar-refractivity contribution is 0.0948. The highest BCUT2D eigenvalue weighted by Crippen LogP contribution is 2.25. The van der Waals surface area contributed by atoms with Gasteiger partial charge in [-0.1, -0.05) is 0 Å². The topological polar surface area (TPSA) is 81.6 Å². The maximum Gasteiger partial charge on any atom is 0.254 e. The van der Waals surface area contributed by atoms with Gasteiger partial charge in [-0.15, -0.1) is 0 Å². The van der Waals surface area contributed by atoms with E-state index in [0.29, 0.717) is 19.2 Å². The normalized spacial score (nSPS) is 12.2. The number of phenols is 1. The van der Waals surface area contributed by atoms with Gasteiger partial charge in [0.15, 0.2) is 17.4 Å². The molecule has 1 aromatic rings. The summed E-state index contributed by atoms with van der Waals surface area (Å²) >= 11 is 0. The van der Waals surface area contributed by atoms with Crippen molar-refractivity contribution in [2.75, 3.05) is 19.6 Å². The molecule has 0 fully saturated rings. The summed E-state index contributed by atoms with van der Waals surface area (Å²) in [5.74, 6) is -7.27. The molecule has 1 amide bonds. The molecule has 0 aliphatic carbocycles. The van der Waals surface area contributed by atoms with Crippen molar-refractivity contribution in [1.82, 2.24) is 10.6 Å². The number of aliphatic hydroxyl groups excluding tert-OH is 1. The first kappa shape index (κ1) is 16.3. The summed E-state index contributed by atoms with van der Waals surface area (Å²) < 4.78 is 39.2. The number of rotatable bonds is 6. The van der Waals surface area contributed by atoms with E-state index in [0.717, 1.165) is 0 Å². The SMILES string of the molecule is CC(O)CNCCNC(=O)c1cc(F)c(F)c(O)c1F. The lowest BCUT2D eigenvalue weighted by Crippen LogP contribution is -2.34. The van der Waals surface area contributed by atoms with E-state index < -0.39 is 40.8 Å². The number of hydrogen-bond acceptors (Lipinski definition) is 4. The van der Waals surface area contributed by atoms with Crippen LogP contribution in [0.15, 0.2) is 6.07 Å². The average molecular weight is 292 g/mol. The van der Waals surface area contributed by atoms with Crippen molar-refractivity contribution in [3.63, 3.8) is 0 Å². The highest BCUT2D eigenvalue weighted by Gasteiger charge is 2.22. The summed E-state index contributed by atoms with van der Waals surface area (Å²) in [6.07, 6.45) is -0.550. The van der Waals surface area contributed by atoms with Gasteiger partial charge in [-0.3, -0.25) is 4.79 Å². The van der Waals surface area contributed by atoms with Crippen LogP contribution in [0.3, 0.4) is 0 Å². The Labute approximate surface area is 113 Å². The molecule has 112 valence electrons. The Balaban J connectivity index is 2.60. The summed E-state index contributed by atoms with van der Waals surface area (Å²) in [6, 6.07) is 0.378. The average Bonchev–Trinajstić information content (AvgIpc) is 2.39. The van der Waals surface area contributed by atoms with Gasteiger partial charge in [0.05, 0.1) is 11.7 Å². The van der Waals surface area contributed by atoms with Crippen LogP contribution in [0.5, 0.6) is 5.75 Å². The second-order valence-corrected chi connectivity index (χ2v) is 4.19. The molecular formula is C12H15F3N2O3. The molecule has 0 spiro atoms. The summed E-state index contributed by atoms with van der Waals surface area (Å²) in [6.45, 7) is 2.28. The van der Waals surface area contributed by atoms with Gasteiger partial charge in [0.1, 0.15) is 0 Å². The molecule has 0 radical (unpaired) electrons. The highest BCUT2D eigenvalue weighted by atomic mass is 19.2. The molecule has 0 saturated heterocycles. The summed E-state index contributed by atoms with van der Waals surface area (Å²) in [5, 5.41) is 23.0. The van der Waals surface area contributed by atoms with Gasteiger partial charge in [0, 0.05) is 19.6 Å². The van der Waals surface area contributed by atoms with Crippen molar-refractivity contribution in [3.05, 3.63) is 29.1 Å². The van der Waals surface area contributed by atoms with Crippen LogP contribution < -0.4 is 10.6 Å². The first-order valence-corrected chi connectivity index (χ1v) is 5.88. The van der Waals surface area contributed by atoms with Crippen LogP contribution >= 0.6 is 0 Å². The van der Waals surface area contributed by atoms with Crippen molar-refractivity contribution in [1.29, 1.82) is 0 Å². The van der Waals surface area contributed by atoms with Crippen molar-refractivity contribution >= 4 is 5.91 Å². The summed E-state index contributed by atoms with van der Waals surface area (Å²) in [5.41, 5.74) is -0.781. The fourth-order valence-electron chi connectivity index (χ4n) is 1.43. The Morgan fingerprint density at radius 1 is 1.30 bits per heavy atom. The number of aromatic hydroxyl groups is 1. The van der Waals surface area contributed by atoms with E-state index in [4.69, 9.17) is 10.2 Å². The van der Waals surface area contributed by atoms with Crippen LogP contribution in [0.2, 0.25) is 0 Å². The largest absolute Gasteiger partial charge is 0.503 e. The number of halogens is 3. The van der Waals surface area contributed by atoms with E-state index in [9.17, 15) is 18.0 Å². The highest BCUT2D eigenvalue weighted by molar-refractivity contribution is 5.94. The zero-order chi connectivity index (χ0) is 15.3. The lowest BCUT2D eigenvalue weighted by Gasteiger charge is -2.09. The third kappa shape index (κ3) is 4.10. The molecule has 0 aliphatic rings. The second-order valence-electron chi connectivity index (χ2n) is 4.19. The van der Waals surface area contributed by atoms with Crippen LogP contribution in [-0.2, 0) is 0 Å². The molecule has 1 rings (SSSR count). The molecule has 8 heteroatoms. The fourth-order valence-corrected chi connectivity index (χ4v) is 1.43. The van der Waals surface area contributed by atoms with E-state index in [1.807, 2.05) is 0 Å². The van der Waals surface area contributed by atoms with Gasteiger partial charge in [-0.2, -0.15) is 4.39 Å². The molecule has 1 atom stereocenters. The number of phenolic OH excluding ortho intramolecular Hbond substituents is 1. The molecule has 0 aliphatic heterocycles. The van der Waals surface area contributed by atoms with E-state index in [-0.39, 0.29) is 6.54 Å². The van der Waals surface area contributed by atoms with Gasteiger partial charge >= 0.3 is 0 Å². The molecule has 1 unspecified atom stereocenters. The van der Waals surface area contributed by atoms with Crippen LogP contribution in [0.1, 0.15) is 17.3 Å². The molecule has 5 nitrogen and oxygen atoms in total. The third-order valence-electron chi connectivity index (χ3n) is 2.40. The Morgan fingerprint density at radius 3 is 2.55 bits per heavy atom. The molecular weight excluding hydrogens is 277 g/mol. The molecule has 4 N–H and O–H groups in total. The quantitative estimate of drug-likeness (QED) is 0.455. The van der Waals surface area contributed by atoms with Crippen molar-refractivity contribution in [3.8, 4) is 5.75 Å². The number of nitrogens with one attached hydrogen (secondary N) is 2. The summed E-state index contributed by atoms with van der Waals surface area (Å²) in [7, 11) is 0. The minimum absolute atomic E-state index is 0.0880. The number of aliphatic hydroxyl groups is 1. The number of amides is 1. The van der Waals surface area contributed by atoms with Crippen LogP contribution in [0.25, 0.3) is 0 Å². The Hall–Kier alpha value is -1.80. The van der Waals surface area contributed by atoms with Gasteiger partial charge in [-0.25, -0.2) is 8.78 Å². The van der Waals surface area contributed by atoms with Gasteiger partial charge in [0.25, 0.3) is 5.91 Å². The van der Waals surface area contributed by atoms with Crippen LogP contribution in [0, 0.1) is 17.5 Å². The number of carbonyl (C=O) groups excluding carboxylic acids is 1.